The van der Waals surface area contributed by atoms with Crippen molar-refractivity contribution in [3.05, 3.63) is 82.6 Å². The molecule has 0 radical (unpaired) electrons. The van der Waals surface area contributed by atoms with Gasteiger partial charge in [0.25, 0.3) is 5.82 Å². The second kappa shape index (κ2) is 11.1. The number of imidazole rings is 1. The number of ether oxygens (including phenoxy) is 2. The SMILES string of the molecule is C[C@@H](O[C@H]1OCC[N+](C)(c2nc[nH]c2CN(C)C)[C@H]1c1ccc(F)cc1)c1cc(C(F)(F)F)cc(C(F)(F)F)c1. The summed E-state index contributed by atoms with van der Waals surface area (Å²) in [5, 5.41) is 0. The molecule has 0 saturated carbocycles. The molecule has 1 N–H and O–H groups in total. The molecule has 1 aliphatic heterocycles. The Morgan fingerprint density at radius 3 is 2.20 bits per heavy atom. The van der Waals surface area contributed by atoms with Gasteiger partial charge in [-0.3, -0.25) is 4.48 Å². The monoisotopic (exact) mass is 575 g/mol. The molecule has 218 valence electrons. The highest BCUT2D eigenvalue weighted by Gasteiger charge is 2.49. The van der Waals surface area contributed by atoms with E-state index in [0.29, 0.717) is 36.6 Å². The smallest absolute Gasteiger partial charge is 0.342 e. The molecule has 1 fully saturated rings. The number of aromatic nitrogens is 2. The maximum Gasteiger partial charge on any atom is 0.416 e. The highest BCUT2D eigenvalue weighted by atomic mass is 19.4. The van der Waals surface area contributed by atoms with Gasteiger partial charge in [0.15, 0.2) is 6.04 Å². The summed E-state index contributed by atoms with van der Waals surface area (Å²) in [5.74, 6) is 0.184. The molecule has 1 unspecified atom stereocenters. The van der Waals surface area contributed by atoms with Crippen molar-refractivity contribution in [2.75, 3.05) is 34.3 Å². The minimum atomic E-state index is -4.99. The summed E-state index contributed by atoms with van der Waals surface area (Å²) < 4.78 is 107. The Labute approximate surface area is 226 Å². The molecule has 4 rings (SSSR count). The first-order chi connectivity index (χ1) is 18.6. The predicted molar refractivity (Wildman–Crippen MR) is 133 cm³/mol. The second-order valence-corrected chi connectivity index (χ2v) is 10.3. The van der Waals surface area contributed by atoms with Gasteiger partial charge in [-0.1, -0.05) is 0 Å². The number of hydrogen-bond donors (Lipinski definition) is 1. The van der Waals surface area contributed by atoms with E-state index in [4.69, 9.17) is 9.47 Å². The standard InChI is InChI=1S/C27H30F7N4O2/c1-16(18-11-19(26(29,30)31)13-20(12-18)27(32,33)34)40-25-23(17-5-7-21(28)8-6-17)38(4,9-10-39-25)24-22(14-37(2)3)35-15-36-24/h5-8,11-13,15-16,23,25H,9-10,14H2,1-4H3,(H,35,36)/q+1/t16-,23+,25-,38?/m1/s1. The number of alkyl halides is 6. The zero-order valence-electron chi connectivity index (χ0n) is 22.3. The molecule has 40 heavy (non-hydrogen) atoms. The highest BCUT2D eigenvalue weighted by Crippen LogP contribution is 2.43. The van der Waals surface area contributed by atoms with Crippen molar-refractivity contribution in [1.29, 1.82) is 0 Å². The van der Waals surface area contributed by atoms with Crippen molar-refractivity contribution < 1.29 is 40.2 Å². The molecule has 0 bridgehead atoms. The number of likely N-dealkylation sites (N-methyl/N-ethyl adjacent to an activating group) is 1. The van der Waals surface area contributed by atoms with Gasteiger partial charge < -0.3 is 19.4 Å². The lowest BCUT2D eigenvalue weighted by Crippen LogP contribution is -2.60. The molecule has 0 spiro atoms. The number of morpholine rings is 1. The van der Waals surface area contributed by atoms with Gasteiger partial charge in [0.2, 0.25) is 6.29 Å². The van der Waals surface area contributed by atoms with Crippen LogP contribution in [0.5, 0.6) is 0 Å². The molecule has 6 nitrogen and oxygen atoms in total. The Morgan fingerprint density at radius 1 is 1.05 bits per heavy atom. The first-order valence-corrected chi connectivity index (χ1v) is 12.4. The maximum atomic E-state index is 13.9. The molecule has 2 aromatic carbocycles. The van der Waals surface area contributed by atoms with E-state index in [1.807, 2.05) is 26.0 Å². The molecule has 3 aromatic rings. The third-order valence-electron chi connectivity index (χ3n) is 6.99. The normalized spacial score (nSPS) is 23.0. The summed E-state index contributed by atoms with van der Waals surface area (Å²) in [7, 11) is 5.66. The number of halogens is 7. The lowest BCUT2D eigenvalue weighted by Gasteiger charge is -2.47. The van der Waals surface area contributed by atoms with Gasteiger partial charge in [0.05, 0.1) is 37.2 Å². The van der Waals surface area contributed by atoms with Crippen LogP contribution in [0, 0.1) is 5.82 Å². The predicted octanol–water partition coefficient (Wildman–Crippen LogP) is 6.46. The Bertz CT molecular complexity index is 1280. The number of nitrogens with zero attached hydrogens (tertiary/aromatic N) is 3. The van der Waals surface area contributed by atoms with Crippen LogP contribution in [-0.4, -0.2) is 55.5 Å². The number of aromatic amines is 1. The van der Waals surface area contributed by atoms with Crippen LogP contribution in [0.15, 0.2) is 48.8 Å². The first-order valence-electron chi connectivity index (χ1n) is 12.4. The molecular formula is C27H30F7N4O2+. The van der Waals surface area contributed by atoms with Crippen LogP contribution in [-0.2, 0) is 28.4 Å². The van der Waals surface area contributed by atoms with E-state index in [2.05, 4.69) is 9.97 Å². The fraction of sp³-hybridized carbons (Fsp3) is 0.444. The van der Waals surface area contributed by atoms with E-state index in [-0.39, 0.29) is 22.7 Å². The van der Waals surface area contributed by atoms with Crippen LogP contribution in [0.2, 0.25) is 0 Å². The number of benzene rings is 2. The van der Waals surface area contributed by atoms with E-state index in [1.54, 1.807) is 18.5 Å². The number of nitrogens with one attached hydrogen (secondary N) is 1. The number of H-pyrrole nitrogens is 1. The molecule has 1 aliphatic rings. The summed E-state index contributed by atoms with van der Waals surface area (Å²) in [6, 6.07) is 6.32. The molecule has 1 aromatic heterocycles. The van der Waals surface area contributed by atoms with E-state index >= 15 is 0 Å². The Balaban J connectivity index is 1.76. The van der Waals surface area contributed by atoms with Crippen LogP contribution in [0.25, 0.3) is 0 Å². The topological polar surface area (TPSA) is 50.4 Å². The molecule has 4 atom stereocenters. The number of quaternary nitrogens is 1. The Hall–Kier alpha value is -3.00. The molecule has 0 aliphatic carbocycles. The summed E-state index contributed by atoms with van der Waals surface area (Å²) in [5.41, 5.74) is -1.77. The van der Waals surface area contributed by atoms with Crippen molar-refractivity contribution in [2.45, 2.75) is 44.3 Å². The molecule has 0 amide bonds. The van der Waals surface area contributed by atoms with Crippen LogP contribution in [0.1, 0.15) is 47.0 Å². The van der Waals surface area contributed by atoms with Gasteiger partial charge in [-0.2, -0.15) is 31.3 Å². The van der Waals surface area contributed by atoms with Crippen LogP contribution in [0.4, 0.5) is 36.6 Å². The molecular weight excluding hydrogens is 545 g/mol. The summed E-state index contributed by atoms with van der Waals surface area (Å²) in [6.07, 6.45) is -10.8. The zero-order valence-corrected chi connectivity index (χ0v) is 22.3. The molecule has 1 saturated heterocycles. The second-order valence-electron chi connectivity index (χ2n) is 10.3. The van der Waals surface area contributed by atoms with Crippen molar-refractivity contribution in [1.82, 2.24) is 19.4 Å². The maximum absolute atomic E-state index is 13.9. The highest BCUT2D eigenvalue weighted by molar-refractivity contribution is 5.43. The third kappa shape index (κ3) is 6.32. The lowest BCUT2D eigenvalue weighted by atomic mass is 9.99. The fourth-order valence-electron chi connectivity index (χ4n) is 5.03. The van der Waals surface area contributed by atoms with Crippen molar-refractivity contribution in [3.8, 4) is 0 Å². The van der Waals surface area contributed by atoms with Gasteiger partial charge in [0, 0.05) is 12.1 Å². The fourth-order valence-corrected chi connectivity index (χ4v) is 5.03. The van der Waals surface area contributed by atoms with Gasteiger partial charge in [0.1, 0.15) is 18.1 Å². The summed E-state index contributed by atoms with van der Waals surface area (Å²) in [4.78, 5) is 9.64. The van der Waals surface area contributed by atoms with Crippen LogP contribution >= 0.6 is 0 Å². The van der Waals surface area contributed by atoms with E-state index in [1.165, 1.54) is 19.1 Å². The van der Waals surface area contributed by atoms with Crippen molar-refractivity contribution in [3.63, 3.8) is 0 Å². The third-order valence-corrected chi connectivity index (χ3v) is 6.99. The lowest BCUT2D eigenvalue weighted by molar-refractivity contribution is -0.224. The van der Waals surface area contributed by atoms with E-state index in [0.717, 1.165) is 5.69 Å². The quantitative estimate of drug-likeness (QED) is 0.260. The zero-order chi connectivity index (χ0) is 29.5. The Morgan fingerprint density at radius 2 is 1.65 bits per heavy atom. The van der Waals surface area contributed by atoms with Gasteiger partial charge >= 0.3 is 12.4 Å². The largest absolute Gasteiger partial charge is 0.416 e. The van der Waals surface area contributed by atoms with E-state index in [9.17, 15) is 30.7 Å². The molecule has 13 heteroatoms. The van der Waals surface area contributed by atoms with E-state index < -0.39 is 47.7 Å². The first kappa shape index (κ1) is 30.0. The summed E-state index contributed by atoms with van der Waals surface area (Å²) >= 11 is 0. The van der Waals surface area contributed by atoms with Gasteiger partial charge in [-0.25, -0.2) is 4.39 Å². The van der Waals surface area contributed by atoms with Gasteiger partial charge in [-0.15, -0.1) is 0 Å². The van der Waals surface area contributed by atoms with Crippen LogP contribution < -0.4 is 4.48 Å². The van der Waals surface area contributed by atoms with Gasteiger partial charge in [-0.05, 0) is 69.0 Å². The average Bonchev–Trinajstić information content (AvgIpc) is 3.32. The summed E-state index contributed by atoms with van der Waals surface area (Å²) in [6.45, 7) is 2.47. The molecule has 2 heterocycles. The number of hydrogen-bond acceptors (Lipinski definition) is 4. The van der Waals surface area contributed by atoms with Crippen LogP contribution in [0.3, 0.4) is 0 Å². The Kier molecular flexibility index (Phi) is 8.32. The minimum absolute atomic E-state index is 0.0758. The minimum Gasteiger partial charge on any atom is -0.342 e. The van der Waals surface area contributed by atoms with Crippen molar-refractivity contribution >= 4 is 5.82 Å². The van der Waals surface area contributed by atoms with Crippen molar-refractivity contribution in [2.24, 2.45) is 0 Å². The average molecular weight is 576 g/mol. The number of rotatable bonds is 7.